The van der Waals surface area contributed by atoms with Gasteiger partial charge in [-0.2, -0.15) is 0 Å². The maximum absolute atomic E-state index is 13.5. The largest absolute Gasteiger partial charge is 0.478 e. The van der Waals surface area contributed by atoms with Crippen molar-refractivity contribution in [2.45, 2.75) is 38.6 Å². The van der Waals surface area contributed by atoms with Crippen LogP contribution < -0.4 is 27.7 Å². The van der Waals surface area contributed by atoms with E-state index >= 15 is 0 Å². The molecule has 1 aliphatic heterocycles. The van der Waals surface area contributed by atoms with Crippen LogP contribution in [0.2, 0.25) is 0 Å². The van der Waals surface area contributed by atoms with Gasteiger partial charge in [0, 0.05) is 50.4 Å². The van der Waals surface area contributed by atoms with Crippen molar-refractivity contribution in [3.8, 4) is 0 Å². The molecule has 14 heteroatoms. The summed E-state index contributed by atoms with van der Waals surface area (Å²) in [6.07, 6.45) is 8.68. The first kappa shape index (κ1) is 31.4. The molecule has 0 spiro atoms. The number of nitrogens with two attached hydrogens (primary N) is 3. The number of aromatic nitrogens is 3. The van der Waals surface area contributed by atoms with Crippen LogP contribution >= 0.6 is 11.3 Å². The van der Waals surface area contributed by atoms with Crippen LogP contribution in [-0.4, -0.2) is 81.0 Å². The van der Waals surface area contributed by atoms with Gasteiger partial charge in [-0.3, -0.25) is 19.0 Å². The van der Waals surface area contributed by atoms with Crippen LogP contribution in [0.15, 0.2) is 39.6 Å². The van der Waals surface area contributed by atoms with Crippen LogP contribution in [0, 0.1) is 0 Å². The molecule has 0 unspecified atom stereocenters. The number of aliphatic carboxylic acids is 1. The second-order valence-corrected chi connectivity index (χ2v) is 11.4. The molecule has 0 aromatic carbocycles. The van der Waals surface area contributed by atoms with E-state index in [-0.39, 0.29) is 17.4 Å². The number of pyridine rings is 1. The molecule has 13 nitrogen and oxygen atoms in total. The third-order valence-corrected chi connectivity index (χ3v) is 7.82. The van der Waals surface area contributed by atoms with Crippen molar-refractivity contribution in [3.63, 3.8) is 0 Å². The molecule has 1 amide bonds. The Kier molecular flexibility index (Phi) is 10.3. The zero-order chi connectivity index (χ0) is 31.1. The number of hydrogen-bond donors (Lipinski definition) is 4. The monoisotopic (exact) mass is 607 g/mol. The van der Waals surface area contributed by atoms with Gasteiger partial charge in [0.25, 0.3) is 5.56 Å². The Morgan fingerprint density at radius 3 is 2.53 bits per heavy atom. The van der Waals surface area contributed by atoms with Gasteiger partial charge in [0.1, 0.15) is 16.5 Å². The smallest absolute Gasteiger partial charge is 0.328 e. The summed E-state index contributed by atoms with van der Waals surface area (Å²) in [5, 5.41) is 12.2. The average molecular weight is 608 g/mol. The molecule has 3 aromatic rings. The Balaban J connectivity index is 1.55. The lowest BCUT2D eigenvalue weighted by Gasteiger charge is -2.37. The first-order valence-electron chi connectivity index (χ1n) is 14.0. The van der Waals surface area contributed by atoms with Crippen molar-refractivity contribution in [3.05, 3.63) is 62.0 Å². The van der Waals surface area contributed by atoms with E-state index < -0.39 is 17.6 Å². The van der Waals surface area contributed by atoms with Crippen LogP contribution in [0.25, 0.3) is 23.9 Å². The maximum atomic E-state index is 13.5. The number of guanidine groups is 1. The van der Waals surface area contributed by atoms with Crippen molar-refractivity contribution in [2.24, 2.45) is 22.2 Å². The van der Waals surface area contributed by atoms with Crippen LogP contribution in [0.5, 0.6) is 0 Å². The highest BCUT2D eigenvalue weighted by molar-refractivity contribution is 7.10. The molecule has 4 rings (SSSR count). The van der Waals surface area contributed by atoms with Crippen LogP contribution in [0.4, 0.5) is 5.82 Å². The lowest BCUT2D eigenvalue weighted by Crippen LogP contribution is -2.53. The number of anilines is 1. The maximum Gasteiger partial charge on any atom is 0.328 e. The molecular weight excluding hydrogens is 570 g/mol. The third-order valence-electron chi connectivity index (χ3n) is 6.99. The van der Waals surface area contributed by atoms with E-state index in [2.05, 4.69) is 23.8 Å². The molecule has 1 aliphatic rings. The van der Waals surface area contributed by atoms with Crippen LogP contribution in [-0.2, 0) is 9.59 Å². The van der Waals surface area contributed by atoms with E-state index in [9.17, 15) is 19.5 Å². The zero-order valence-electron chi connectivity index (χ0n) is 24.2. The average Bonchev–Trinajstić information content (AvgIpc) is 3.46. The Morgan fingerprint density at radius 2 is 1.88 bits per heavy atom. The predicted octanol–water partition coefficient (Wildman–Crippen LogP) is 1.57. The van der Waals surface area contributed by atoms with Gasteiger partial charge < -0.3 is 32.1 Å². The Bertz CT molecular complexity index is 1610. The van der Waals surface area contributed by atoms with Crippen LogP contribution in [0.3, 0.4) is 0 Å². The zero-order valence-corrected chi connectivity index (χ0v) is 25.0. The van der Waals surface area contributed by atoms with Crippen molar-refractivity contribution >= 4 is 58.9 Å². The molecular formula is C29H37N9O4S. The molecule has 7 N–H and O–H groups in total. The van der Waals surface area contributed by atoms with Gasteiger partial charge in [0.05, 0.1) is 17.3 Å². The fourth-order valence-corrected chi connectivity index (χ4v) is 5.50. The summed E-state index contributed by atoms with van der Waals surface area (Å²) >= 11 is 1.56. The van der Waals surface area contributed by atoms with E-state index in [1.807, 2.05) is 22.4 Å². The number of nitrogens with zero attached hydrogens (tertiary/aromatic N) is 6. The van der Waals surface area contributed by atoms with E-state index in [1.165, 1.54) is 10.5 Å². The molecule has 0 bridgehead atoms. The number of carbonyl (C=O) groups excluding carboxylic acids is 1. The molecule has 228 valence electrons. The molecule has 0 radical (unpaired) electrons. The normalized spacial score (nSPS) is 14.7. The van der Waals surface area contributed by atoms with E-state index in [0.717, 1.165) is 22.3 Å². The molecule has 1 fully saturated rings. The molecule has 4 heterocycles. The Hall–Kier alpha value is -4.56. The highest BCUT2D eigenvalue weighted by Gasteiger charge is 2.27. The Morgan fingerprint density at radius 1 is 1.14 bits per heavy atom. The first-order valence-corrected chi connectivity index (χ1v) is 14.9. The summed E-state index contributed by atoms with van der Waals surface area (Å²) in [5.41, 5.74) is 18.8. The summed E-state index contributed by atoms with van der Waals surface area (Å²) in [6.45, 7) is 6.12. The molecule has 0 saturated carbocycles. The number of thiazole rings is 1. The van der Waals surface area contributed by atoms with Gasteiger partial charge in [-0.1, -0.05) is 19.9 Å². The minimum atomic E-state index is -1.18. The second-order valence-electron chi connectivity index (χ2n) is 10.5. The SMILES string of the molecule is CC(C)c1csc(/C=C/c2ccn3c(=O)c(/C=C/C(=O)O)c(N4CCN(C(=O)[C@@H](N)CCCN=C(N)N)CC4)nc3c2)n1. The molecule has 3 aromatic heterocycles. The molecule has 0 aliphatic carbocycles. The summed E-state index contributed by atoms with van der Waals surface area (Å²) in [4.78, 5) is 54.6. The summed E-state index contributed by atoms with van der Waals surface area (Å²) in [7, 11) is 0. The Labute approximate surface area is 253 Å². The number of rotatable bonds is 11. The lowest BCUT2D eigenvalue weighted by atomic mass is 10.1. The lowest BCUT2D eigenvalue weighted by molar-refractivity contribution is -0.133. The van der Waals surface area contributed by atoms with Gasteiger partial charge in [-0.15, -0.1) is 11.3 Å². The van der Waals surface area contributed by atoms with E-state index in [1.54, 1.807) is 34.6 Å². The van der Waals surface area contributed by atoms with Crippen molar-refractivity contribution in [1.82, 2.24) is 19.3 Å². The second kappa shape index (κ2) is 14.1. The van der Waals surface area contributed by atoms with E-state index in [0.29, 0.717) is 62.9 Å². The summed E-state index contributed by atoms with van der Waals surface area (Å²) < 4.78 is 1.39. The van der Waals surface area contributed by atoms with E-state index in [4.69, 9.17) is 22.2 Å². The van der Waals surface area contributed by atoms with Gasteiger partial charge in [-0.25, -0.2) is 14.8 Å². The standard InChI is InChI=1S/C29H37N9O4S/c1-18(2)22-17-43-24(34-22)7-5-19-9-11-38-23(16-19)35-26(20(27(38)41)6-8-25(39)40)36-12-14-37(15-13-36)28(42)21(30)4-3-10-33-29(31)32/h5-9,11,16-18,21H,3-4,10,12-15,30H2,1-2H3,(H,39,40)(H4,31,32,33)/b7-5+,8-6+/t21-/m0/s1. The number of hydrogen-bond acceptors (Lipinski definition) is 9. The quantitative estimate of drug-likeness (QED) is 0.107. The topological polar surface area (TPSA) is 199 Å². The fraction of sp³-hybridized carbons (Fsp3) is 0.379. The van der Waals surface area contributed by atoms with Crippen LogP contribution in [0.1, 0.15) is 54.4 Å². The minimum Gasteiger partial charge on any atom is -0.478 e. The predicted molar refractivity (Wildman–Crippen MR) is 170 cm³/mol. The number of carboxylic acids is 1. The van der Waals surface area contributed by atoms with Crippen molar-refractivity contribution in [2.75, 3.05) is 37.6 Å². The highest BCUT2D eigenvalue weighted by Crippen LogP contribution is 2.22. The fourth-order valence-electron chi connectivity index (χ4n) is 4.63. The first-order chi connectivity index (χ1) is 20.5. The summed E-state index contributed by atoms with van der Waals surface area (Å²) in [6, 6.07) is 2.91. The number of carboxylic acid groups (broad SMARTS) is 1. The number of amides is 1. The minimum absolute atomic E-state index is 0.000841. The van der Waals surface area contributed by atoms with Crippen molar-refractivity contribution < 1.29 is 14.7 Å². The number of aliphatic imine (C=N–C) groups is 1. The number of carbonyl (C=O) groups is 2. The van der Waals surface area contributed by atoms with Gasteiger partial charge in [0.2, 0.25) is 5.91 Å². The number of piperazine rings is 1. The van der Waals surface area contributed by atoms with Gasteiger partial charge >= 0.3 is 5.97 Å². The molecule has 43 heavy (non-hydrogen) atoms. The summed E-state index contributed by atoms with van der Waals surface area (Å²) in [5.74, 6) is -0.642. The molecule has 1 atom stereocenters. The van der Waals surface area contributed by atoms with Gasteiger partial charge in [0.15, 0.2) is 5.96 Å². The number of fused-ring (bicyclic) bond motifs is 1. The van der Waals surface area contributed by atoms with Gasteiger partial charge in [-0.05, 0) is 48.6 Å². The molecule has 1 saturated heterocycles. The van der Waals surface area contributed by atoms with Crippen molar-refractivity contribution in [1.29, 1.82) is 0 Å². The third kappa shape index (κ3) is 8.05. The highest BCUT2D eigenvalue weighted by atomic mass is 32.1.